The Labute approximate surface area is 130 Å². The Morgan fingerprint density at radius 2 is 2.14 bits per heavy atom. The molecule has 0 N–H and O–H groups in total. The molecule has 2 saturated heterocycles. The van der Waals surface area contributed by atoms with Crippen LogP contribution in [-0.2, 0) is 0 Å². The molecule has 2 fully saturated rings. The number of aromatic nitrogens is 1. The van der Waals surface area contributed by atoms with Crippen molar-refractivity contribution in [3.8, 4) is 6.07 Å². The van der Waals surface area contributed by atoms with Crippen LogP contribution in [0.2, 0.25) is 0 Å². The monoisotopic (exact) mass is 296 g/mol. The van der Waals surface area contributed by atoms with E-state index in [0.717, 1.165) is 43.0 Å². The summed E-state index contributed by atoms with van der Waals surface area (Å²) in [6.07, 6.45) is 3.04. The van der Waals surface area contributed by atoms with Crippen molar-refractivity contribution in [3.05, 3.63) is 24.3 Å². The van der Waals surface area contributed by atoms with Crippen LogP contribution in [0, 0.1) is 17.2 Å². The lowest BCUT2D eigenvalue weighted by molar-refractivity contribution is 0.0968. The number of para-hydroxylation sites is 1. The highest BCUT2D eigenvalue weighted by molar-refractivity contribution is 5.88. The van der Waals surface area contributed by atoms with Crippen molar-refractivity contribution in [1.29, 1.82) is 5.26 Å². The molecule has 22 heavy (non-hydrogen) atoms. The minimum Gasteiger partial charge on any atom is -0.354 e. The van der Waals surface area contributed by atoms with E-state index in [1.165, 1.54) is 12.8 Å². The Morgan fingerprint density at radius 1 is 1.23 bits per heavy atom. The number of rotatable bonds is 2. The van der Waals surface area contributed by atoms with Crippen LogP contribution in [0.1, 0.15) is 19.3 Å². The molecular formula is C17H20N4O. The van der Waals surface area contributed by atoms with Crippen LogP contribution in [0.5, 0.6) is 0 Å². The van der Waals surface area contributed by atoms with Crippen LogP contribution < -0.4 is 4.90 Å². The first-order chi connectivity index (χ1) is 10.8. The topological polar surface area (TPSA) is 56.3 Å². The average Bonchev–Trinajstić information content (AvgIpc) is 2.99. The summed E-state index contributed by atoms with van der Waals surface area (Å²) in [6, 6.07) is 11.0. The van der Waals surface area contributed by atoms with Crippen molar-refractivity contribution in [3.63, 3.8) is 0 Å². The molecule has 0 unspecified atom stereocenters. The number of benzene rings is 1. The maximum absolute atomic E-state index is 8.89. The standard InChI is InChI=1S/C17H20N4O/c18-8-7-13-5-6-14-12-21(10-9-20(14)11-13)17-15-3-1-2-4-16(15)22-19-17/h1-4,13-14H,5-7,9-12H2/t13-,14-/m0/s1. The smallest absolute Gasteiger partial charge is 0.180 e. The Balaban J connectivity index is 1.50. The third kappa shape index (κ3) is 2.34. The number of hydrogen-bond donors (Lipinski definition) is 0. The van der Waals surface area contributed by atoms with Crippen LogP contribution >= 0.6 is 0 Å². The van der Waals surface area contributed by atoms with Crippen molar-refractivity contribution in [2.75, 3.05) is 31.1 Å². The summed E-state index contributed by atoms with van der Waals surface area (Å²) in [5.74, 6) is 1.54. The van der Waals surface area contributed by atoms with Crippen molar-refractivity contribution < 1.29 is 4.52 Å². The molecule has 0 aliphatic carbocycles. The highest BCUT2D eigenvalue weighted by Crippen LogP contribution is 2.31. The van der Waals surface area contributed by atoms with Crippen molar-refractivity contribution in [2.45, 2.75) is 25.3 Å². The number of nitrogens with zero attached hydrogens (tertiary/aromatic N) is 4. The largest absolute Gasteiger partial charge is 0.354 e. The van der Waals surface area contributed by atoms with Gasteiger partial charge >= 0.3 is 0 Å². The van der Waals surface area contributed by atoms with Crippen LogP contribution in [0.3, 0.4) is 0 Å². The molecule has 2 aliphatic rings. The highest BCUT2D eigenvalue weighted by atomic mass is 16.5. The van der Waals surface area contributed by atoms with Crippen molar-refractivity contribution in [1.82, 2.24) is 10.1 Å². The molecule has 5 heteroatoms. The summed E-state index contributed by atoms with van der Waals surface area (Å²) in [5, 5.41) is 14.3. The molecule has 4 rings (SSSR count). The van der Waals surface area contributed by atoms with E-state index in [0.29, 0.717) is 18.4 Å². The fraction of sp³-hybridized carbons (Fsp3) is 0.529. The Morgan fingerprint density at radius 3 is 3.05 bits per heavy atom. The van der Waals surface area contributed by atoms with Gasteiger partial charge in [-0.3, -0.25) is 4.90 Å². The van der Waals surface area contributed by atoms with Crippen LogP contribution in [0.15, 0.2) is 28.8 Å². The van der Waals surface area contributed by atoms with Gasteiger partial charge in [0.2, 0.25) is 0 Å². The van der Waals surface area contributed by atoms with Gasteiger partial charge in [0.1, 0.15) is 0 Å². The zero-order valence-corrected chi connectivity index (χ0v) is 12.6. The molecule has 0 saturated carbocycles. The summed E-state index contributed by atoms with van der Waals surface area (Å²) in [7, 11) is 0. The molecule has 1 aromatic heterocycles. The minimum atomic E-state index is 0.556. The molecule has 3 heterocycles. The summed E-state index contributed by atoms with van der Waals surface area (Å²) < 4.78 is 5.45. The number of anilines is 1. The zero-order chi connectivity index (χ0) is 14.9. The molecule has 5 nitrogen and oxygen atoms in total. The highest BCUT2D eigenvalue weighted by Gasteiger charge is 2.33. The van der Waals surface area contributed by atoms with Gasteiger partial charge in [0.25, 0.3) is 0 Å². The Hall–Kier alpha value is -2.06. The molecule has 2 atom stereocenters. The number of nitriles is 1. The van der Waals surface area contributed by atoms with Crippen LogP contribution in [0.25, 0.3) is 11.0 Å². The number of hydrogen-bond acceptors (Lipinski definition) is 5. The molecule has 0 bridgehead atoms. The normalized spacial score (nSPS) is 25.9. The third-order valence-corrected chi connectivity index (χ3v) is 5.04. The molecule has 0 spiro atoms. The van der Waals surface area contributed by atoms with E-state index in [4.69, 9.17) is 9.78 Å². The van der Waals surface area contributed by atoms with Crippen molar-refractivity contribution in [2.24, 2.45) is 5.92 Å². The maximum atomic E-state index is 8.89. The summed E-state index contributed by atoms with van der Waals surface area (Å²) in [5.41, 5.74) is 0.859. The lowest BCUT2D eigenvalue weighted by Gasteiger charge is -2.46. The predicted molar refractivity (Wildman–Crippen MR) is 84.5 cm³/mol. The first-order valence-electron chi connectivity index (χ1n) is 8.05. The van der Waals surface area contributed by atoms with Crippen molar-refractivity contribution >= 4 is 16.8 Å². The number of piperazine rings is 1. The molecule has 114 valence electrons. The van der Waals surface area contributed by atoms with Gasteiger partial charge in [0, 0.05) is 38.6 Å². The van der Waals surface area contributed by atoms with Crippen LogP contribution in [0.4, 0.5) is 5.82 Å². The molecule has 0 amide bonds. The first-order valence-corrected chi connectivity index (χ1v) is 8.05. The van der Waals surface area contributed by atoms with E-state index >= 15 is 0 Å². The first kappa shape index (κ1) is 13.6. The maximum Gasteiger partial charge on any atom is 0.180 e. The molecule has 0 radical (unpaired) electrons. The minimum absolute atomic E-state index is 0.556. The van der Waals surface area contributed by atoms with Crippen LogP contribution in [-0.4, -0.2) is 42.3 Å². The van der Waals surface area contributed by atoms with Gasteiger partial charge in [-0.2, -0.15) is 5.26 Å². The van der Waals surface area contributed by atoms with E-state index in [1.807, 2.05) is 18.2 Å². The third-order valence-electron chi connectivity index (χ3n) is 5.04. The lowest BCUT2D eigenvalue weighted by Crippen LogP contribution is -2.56. The second-order valence-corrected chi connectivity index (χ2v) is 6.40. The van der Waals surface area contributed by atoms with E-state index in [9.17, 15) is 0 Å². The fourth-order valence-electron chi connectivity index (χ4n) is 3.85. The van der Waals surface area contributed by atoms with Gasteiger partial charge in [-0.05, 0) is 30.9 Å². The van der Waals surface area contributed by atoms with E-state index in [1.54, 1.807) is 0 Å². The van der Waals surface area contributed by atoms with E-state index in [2.05, 4.69) is 27.1 Å². The van der Waals surface area contributed by atoms with Gasteiger partial charge in [-0.1, -0.05) is 17.3 Å². The predicted octanol–water partition coefficient (Wildman–Crippen LogP) is 2.64. The molecule has 2 aliphatic heterocycles. The fourth-order valence-corrected chi connectivity index (χ4v) is 3.85. The number of piperidine rings is 1. The van der Waals surface area contributed by atoms with E-state index in [-0.39, 0.29) is 0 Å². The second-order valence-electron chi connectivity index (χ2n) is 6.40. The van der Waals surface area contributed by atoms with Gasteiger partial charge in [-0.15, -0.1) is 0 Å². The zero-order valence-electron chi connectivity index (χ0n) is 12.6. The second kappa shape index (κ2) is 5.62. The SMILES string of the molecule is N#CC[C@@H]1CC[C@H]2CN(c3noc4ccccc34)CCN2C1. The van der Waals surface area contributed by atoms with Gasteiger partial charge in [0.05, 0.1) is 11.5 Å². The average molecular weight is 296 g/mol. The van der Waals surface area contributed by atoms with Gasteiger partial charge in [0.15, 0.2) is 11.4 Å². The van der Waals surface area contributed by atoms with E-state index < -0.39 is 0 Å². The Bertz CT molecular complexity index is 704. The lowest BCUT2D eigenvalue weighted by atomic mass is 9.89. The van der Waals surface area contributed by atoms with Gasteiger partial charge in [-0.25, -0.2) is 0 Å². The molecule has 1 aromatic carbocycles. The summed E-state index contributed by atoms with van der Waals surface area (Å²) in [6.45, 7) is 4.11. The number of fused-ring (bicyclic) bond motifs is 2. The molecule has 2 aromatic rings. The molecular weight excluding hydrogens is 276 g/mol. The quantitative estimate of drug-likeness (QED) is 0.852. The summed E-state index contributed by atoms with van der Waals surface area (Å²) >= 11 is 0. The van der Waals surface area contributed by atoms with Gasteiger partial charge < -0.3 is 9.42 Å². The Kier molecular flexibility index (Phi) is 3.47. The summed E-state index contributed by atoms with van der Waals surface area (Å²) in [4.78, 5) is 4.92.